The van der Waals surface area contributed by atoms with Gasteiger partial charge in [-0.3, -0.25) is 4.79 Å². The molecule has 2 aliphatic rings. The fraction of sp³-hybridized carbons (Fsp3) is 0.276. The van der Waals surface area contributed by atoms with Crippen LogP contribution in [0.4, 0.5) is 0 Å². The van der Waals surface area contributed by atoms with Crippen LogP contribution in [0.3, 0.4) is 0 Å². The number of rotatable bonds is 6. The Morgan fingerprint density at radius 2 is 1.81 bits per heavy atom. The summed E-state index contributed by atoms with van der Waals surface area (Å²) in [6, 6.07) is 19.1. The van der Waals surface area contributed by atoms with Crippen LogP contribution < -0.4 is 19.8 Å². The molecule has 1 aromatic heterocycles. The van der Waals surface area contributed by atoms with E-state index in [9.17, 15) is 4.79 Å². The van der Waals surface area contributed by atoms with Crippen molar-refractivity contribution in [2.24, 2.45) is 5.10 Å². The van der Waals surface area contributed by atoms with Gasteiger partial charge in [0.15, 0.2) is 11.5 Å². The third-order valence-electron chi connectivity index (χ3n) is 6.85. The number of ether oxygens (including phenoxy) is 3. The van der Waals surface area contributed by atoms with Crippen LogP contribution >= 0.6 is 15.9 Å². The Morgan fingerprint density at radius 1 is 1.00 bits per heavy atom. The summed E-state index contributed by atoms with van der Waals surface area (Å²) in [7, 11) is 0. The highest BCUT2D eigenvalue weighted by Gasteiger charge is 2.22. The van der Waals surface area contributed by atoms with Gasteiger partial charge in [0, 0.05) is 10.4 Å². The van der Waals surface area contributed by atoms with Crippen molar-refractivity contribution < 1.29 is 14.2 Å². The van der Waals surface area contributed by atoms with Crippen molar-refractivity contribution in [2.45, 2.75) is 44.6 Å². The van der Waals surface area contributed by atoms with Crippen LogP contribution in [0.5, 0.6) is 17.2 Å². The number of hydrogen-bond acceptors (Lipinski definition) is 6. The zero-order valence-corrected chi connectivity index (χ0v) is 21.8. The van der Waals surface area contributed by atoms with E-state index in [2.05, 4.69) is 21.0 Å². The summed E-state index contributed by atoms with van der Waals surface area (Å²) in [6.07, 6.45) is 7.29. The molecule has 0 unspecified atom stereocenters. The smallest absolute Gasteiger partial charge is 0.282 e. The first-order valence-corrected chi connectivity index (χ1v) is 13.3. The number of fused-ring (bicyclic) bond motifs is 2. The highest BCUT2D eigenvalue weighted by Crippen LogP contribution is 2.33. The topological polar surface area (TPSA) is 74.9 Å². The lowest BCUT2D eigenvalue weighted by Crippen LogP contribution is -2.25. The number of nitrogens with zero attached hydrogens (tertiary/aromatic N) is 3. The molecule has 0 amide bonds. The first kappa shape index (κ1) is 23.7. The van der Waals surface area contributed by atoms with Gasteiger partial charge in [-0.25, -0.2) is 4.98 Å². The molecule has 37 heavy (non-hydrogen) atoms. The minimum Gasteiger partial charge on any atom is -0.489 e. The Morgan fingerprint density at radius 3 is 2.65 bits per heavy atom. The van der Waals surface area contributed by atoms with Gasteiger partial charge in [0.1, 0.15) is 18.2 Å². The van der Waals surface area contributed by atoms with Gasteiger partial charge in [-0.2, -0.15) is 9.78 Å². The highest BCUT2D eigenvalue weighted by molar-refractivity contribution is 9.10. The molecule has 0 radical (unpaired) electrons. The van der Waals surface area contributed by atoms with Gasteiger partial charge in [-0.15, -0.1) is 0 Å². The Labute approximate surface area is 222 Å². The lowest BCUT2D eigenvalue weighted by molar-refractivity contribution is 0.174. The van der Waals surface area contributed by atoms with Crippen LogP contribution in [-0.4, -0.2) is 22.7 Å². The van der Waals surface area contributed by atoms with E-state index in [0.717, 1.165) is 64.4 Å². The fourth-order valence-corrected chi connectivity index (χ4v) is 5.24. The lowest BCUT2D eigenvalue weighted by Gasteiger charge is -2.22. The van der Waals surface area contributed by atoms with Gasteiger partial charge >= 0.3 is 0 Å². The van der Waals surface area contributed by atoms with Gasteiger partial charge in [-0.1, -0.05) is 41.3 Å². The van der Waals surface area contributed by atoms with E-state index in [1.165, 1.54) is 11.1 Å². The second-order valence-corrected chi connectivity index (χ2v) is 10.3. The molecule has 4 aromatic rings. The van der Waals surface area contributed by atoms with E-state index in [1.54, 1.807) is 6.21 Å². The SMILES string of the molecule is O=c1c2cc(Br)ccc2nc(C2CCCCC2)n1N=Cc1ccc(OCc2ccc3c(c2)OCO3)cc1. The molecule has 0 atom stereocenters. The molecule has 0 N–H and O–H groups in total. The average molecular weight is 560 g/mol. The first-order valence-electron chi connectivity index (χ1n) is 12.5. The van der Waals surface area contributed by atoms with E-state index in [0.29, 0.717) is 17.5 Å². The normalized spacial score (nSPS) is 15.5. The number of halogens is 1. The van der Waals surface area contributed by atoms with Gasteiger partial charge in [0.2, 0.25) is 6.79 Å². The van der Waals surface area contributed by atoms with Crippen molar-refractivity contribution in [3.63, 3.8) is 0 Å². The maximum Gasteiger partial charge on any atom is 0.282 e. The minimum absolute atomic E-state index is 0.146. The number of benzene rings is 3. The Bertz CT molecular complexity index is 1530. The molecule has 3 aromatic carbocycles. The fourth-order valence-electron chi connectivity index (χ4n) is 4.87. The van der Waals surface area contributed by atoms with Crippen molar-refractivity contribution in [2.75, 3.05) is 6.79 Å². The monoisotopic (exact) mass is 559 g/mol. The van der Waals surface area contributed by atoms with Crippen LogP contribution in [0.2, 0.25) is 0 Å². The molecule has 188 valence electrons. The summed E-state index contributed by atoms with van der Waals surface area (Å²) in [5, 5.41) is 5.18. The Kier molecular flexibility index (Phi) is 6.66. The molecule has 0 bridgehead atoms. The van der Waals surface area contributed by atoms with Crippen molar-refractivity contribution in [3.05, 3.63) is 92.4 Å². The van der Waals surface area contributed by atoms with Crippen LogP contribution in [0.25, 0.3) is 10.9 Å². The third kappa shape index (κ3) is 5.11. The first-order chi connectivity index (χ1) is 18.1. The van der Waals surface area contributed by atoms with Crippen molar-refractivity contribution in [1.82, 2.24) is 9.66 Å². The Hall–Kier alpha value is -3.65. The molecule has 0 spiro atoms. The molecule has 8 heteroatoms. The van der Waals surface area contributed by atoms with Gasteiger partial charge in [-0.05, 0) is 78.6 Å². The summed E-state index contributed by atoms with van der Waals surface area (Å²) >= 11 is 3.47. The molecule has 6 rings (SSSR count). The van der Waals surface area contributed by atoms with Gasteiger partial charge in [0.05, 0.1) is 17.1 Å². The maximum absolute atomic E-state index is 13.5. The van der Waals surface area contributed by atoms with Crippen LogP contribution in [0.1, 0.15) is 55.0 Å². The molecular weight excluding hydrogens is 534 g/mol. The molecule has 1 aliphatic carbocycles. The third-order valence-corrected chi connectivity index (χ3v) is 7.34. The van der Waals surface area contributed by atoms with Gasteiger partial charge in [0.25, 0.3) is 5.56 Å². The quantitative estimate of drug-likeness (QED) is 0.255. The zero-order valence-electron chi connectivity index (χ0n) is 20.2. The van der Waals surface area contributed by atoms with E-state index in [-0.39, 0.29) is 18.3 Å². The van der Waals surface area contributed by atoms with E-state index < -0.39 is 0 Å². The maximum atomic E-state index is 13.5. The predicted molar refractivity (Wildman–Crippen MR) is 146 cm³/mol. The van der Waals surface area contributed by atoms with Crippen LogP contribution in [-0.2, 0) is 6.61 Å². The number of aromatic nitrogens is 2. The molecule has 2 heterocycles. The molecule has 7 nitrogen and oxygen atoms in total. The van der Waals surface area contributed by atoms with Crippen molar-refractivity contribution in [1.29, 1.82) is 0 Å². The average Bonchev–Trinajstić information content (AvgIpc) is 3.41. The van der Waals surface area contributed by atoms with Crippen molar-refractivity contribution in [3.8, 4) is 17.2 Å². The molecular formula is C29H26BrN3O4. The molecule has 1 aliphatic heterocycles. The lowest BCUT2D eigenvalue weighted by atomic mass is 9.88. The number of hydrogen-bond donors (Lipinski definition) is 0. The second-order valence-electron chi connectivity index (χ2n) is 9.37. The summed E-state index contributed by atoms with van der Waals surface area (Å²) in [5.41, 5.74) is 2.43. The molecule has 1 fully saturated rings. The highest BCUT2D eigenvalue weighted by atomic mass is 79.9. The van der Waals surface area contributed by atoms with Crippen molar-refractivity contribution >= 4 is 33.0 Å². The van der Waals surface area contributed by atoms with E-state index in [1.807, 2.05) is 60.7 Å². The standard InChI is InChI=1S/C29H26BrN3O4/c30-22-9-12-25-24(15-22)29(34)33(28(32-25)21-4-2-1-3-5-21)31-16-19-6-10-23(11-7-19)35-17-20-8-13-26-27(14-20)37-18-36-26/h6-16,21H,1-5,17-18H2. The zero-order chi connectivity index (χ0) is 25.2. The molecule has 1 saturated carbocycles. The second kappa shape index (κ2) is 10.4. The summed E-state index contributed by atoms with van der Waals surface area (Å²) in [5.74, 6) is 3.23. The largest absolute Gasteiger partial charge is 0.489 e. The summed E-state index contributed by atoms with van der Waals surface area (Å²) < 4.78 is 19.1. The van der Waals surface area contributed by atoms with E-state index in [4.69, 9.17) is 19.2 Å². The minimum atomic E-state index is -0.146. The van der Waals surface area contributed by atoms with Crippen LogP contribution in [0, 0.1) is 0 Å². The van der Waals surface area contributed by atoms with Gasteiger partial charge < -0.3 is 14.2 Å². The Balaban J connectivity index is 1.23. The van der Waals surface area contributed by atoms with E-state index >= 15 is 0 Å². The molecule has 0 saturated heterocycles. The summed E-state index contributed by atoms with van der Waals surface area (Å²) in [6.45, 7) is 0.673. The predicted octanol–water partition coefficient (Wildman–Crippen LogP) is 6.40. The van der Waals surface area contributed by atoms with Crippen LogP contribution in [0.15, 0.2) is 75.0 Å². The summed E-state index contributed by atoms with van der Waals surface area (Å²) in [4.78, 5) is 18.4.